The van der Waals surface area contributed by atoms with Crippen molar-refractivity contribution < 1.29 is 0 Å². The molecule has 96 valence electrons. The molecule has 1 atom stereocenters. The van der Waals surface area contributed by atoms with Crippen LogP contribution < -0.4 is 10.5 Å². The van der Waals surface area contributed by atoms with Crippen LogP contribution in [0.1, 0.15) is 11.6 Å². The molecule has 1 unspecified atom stereocenters. The Labute approximate surface area is 125 Å². The Morgan fingerprint density at radius 3 is 1.83 bits per heavy atom. The molecule has 0 bridgehead atoms. The maximum absolute atomic E-state index is 5.90. The summed E-state index contributed by atoms with van der Waals surface area (Å²) >= 11 is 2.19. The third-order valence-corrected chi connectivity index (χ3v) is 3.46. The average molecular weight is 372 g/mol. The van der Waals surface area contributed by atoms with Gasteiger partial charge in [-0.2, -0.15) is 0 Å². The molecule has 2 aromatic carbocycles. The molecule has 0 radical (unpaired) electrons. The van der Waals surface area contributed by atoms with Gasteiger partial charge in [0.15, 0.2) is 0 Å². The fraction of sp³-hybridized carbons (Fsp3) is 0.143. The minimum absolute atomic E-state index is 0.0912. The maximum atomic E-state index is 5.90. The van der Waals surface area contributed by atoms with E-state index in [9.17, 15) is 0 Å². The van der Waals surface area contributed by atoms with E-state index in [2.05, 4.69) is 25.9 Å². The standard InChI is InChI=1S/C8H11IN2S.C6H6/c9-12-11-6-8(10)7-4-2-1-3-5-7;1-2-4-6-5-3-1/h1-5,8,11H,6,10H2;1-6H. The van der Waals surface area contributed by atoms with Gasteiger partial charge in [0.2, 0.25) is 0 Å². The van der Waals surface area contributed by atoms with Crippen molar-refractivity contribution in [2.24, 2.45) is 5.73 Å². The van der Waals surface area contributed by atoms with Gasteiger partial charge in [0, 0.05) is 33.8 Å². The molecule has 2 aromatic rings. The minimum Gasteiger partial charge on any atom is -0.323 e. The lowest BCUT2D eigenvalue weighted by Crippen LogP contribution is -2.21. The lowest BCUT2D eigenvalue weighted by molar-refractivity contribution is 0.711. The summed E-state index contributed by atoms with van der Waals surface area (Å²) in [6.07, 6.45) is 0. The van der Waals surface area contributed by atoms with Crippen LogP contribution in [0.25, 0.3) is 0 Å². The van der Waals surface area contributed by atoms with Gasteiger partial charge in [0.25, 0.3) is 0 Å². The van der Waals surface area contributed by atoms with Crippen LogP contribution in [-0.2, 0) is 0 Å². The lowest BCUT2D eigenvalue weighted by Gasteiger charge is -2.10. The van der Waals surface area contributed by atoms with E-state index in [0.29, 0.717) is 0 Å². The summed E-state index contributed by atoms with van der Waals surface area (Å²) in [4.78, 5) is 0. The van der Waals surface area contributed by atoms with Crippen LogP contribution in [0.3, 0.4) is 0 Å². The maximum Gasteiger partial charge on any atom is 0.0431 e. The van der Waals surface area contributed by atoms with Gasteiger partial charge in [0.05, 0.1) is 0 Å². The molecule has 18 heavy (non-hydrogen) atoms. The quantitative estimate of drug-likeness (QED) is 0.630. The zero-order valence-electron chi connectivity index (χ0n) is 10.00. The van der Waals surface area contributed by atoms with E-state index in [4.69, 9.17) is 5.73 Å². The topological polar surface area (TPSA) is 38.0 Å². The van der Waals surface area contributed by atoms with E-state index in [1.54, 1.807) is 9.12 Å². The minimum atomic E-state index is 0.0912. The van der Waals surface area contributed by atoms with Crippen LogP contribution in [0, 0.1) is 0 Å². The molecule has 2 rings (SSSR count). The molecule has 4 heteroatoms. The van der Waals surface area contributed by atoms with Gasteiger partial charge in [-0.1, -0.05) is 66.7 Å². The molecule has 0 amide bonds. The van der Waals surface area contributed by atoms with Crippen molar-refractivity contribution in [3.05, 3.63) is 72.3 Å². The third kappa shape index (κ3) is 7.00. The lowest BCUT2D eigenvalue weighted by atomic mass is 10.1. The highest BCUT2D eigenvalue weighted by Gasteiger charge is 2.02. The summed E-state index contributed by atoms with van der Waals surface area (Å²) in [5, 5.41) is 0. The number of nitrogens with one attached hydrogen (secondary N) is 1. The van der Waals surface area contributed by atoms with Crippen molar-refractivity contribution in [2.75, 3.05) is 6.54 Å². The van der Waals surface area contributed by atoms with Crippen LogP contribution >= 0.6 is 30.3 Å². The number of nitrogens with two attached hydrogens (primary N) is 1. The highest BCUT2D eigenvalue weighted by atomic mass is 127. The second-order valence-electron chi connectivity index (χ2n) is 3.60. The van der Waals surface area contributed by atoms with Gasteiger partial charge in [-0.25, -0.2) is 0 Å². The van der Waals surface area contributed by atoms with Crippen molar-refractivity contribution in [3.63, 3.8) is 0 Å². The van der Waals surface area contributed by atoms with Crippen LogP contribution in [0.2, 0.25) is 0 Å². The molecule has 0 saturated heterocycles. The Morgan fingerprint density at radius 2 is 1.39 bits per heavy atom. The first-order valence-corrected chi connectivity index (χ1v) is 9.01. The zero-order valence-corrected chi connectivity index (χ0v) is 13.0. The Hall–Kier alpha value is -0.560. The van der Waals surface area contributed by atoms with Crippen LogP contribution in [-0.4, -0.2) is 6.54 Å². The van der Waals surface area contributed by atoms with E-state index in [0.717, 1.165) is 6.54 Å². The number of halogens is 1. The first-order chi connectivity index (χ1) is 8.84. The molecule has 2 nitrogen and oxygen atoms in total. The summed E-state index contributed by atoms with van der Waals surface area (Å²) in [7, 11) is 1.56. The summed E-state index contributed by atoms with van der Waals surface area (Å²) in [6.45, 7) is 0.803. The molecule has 0 aliphatic heterocycles. The highest BCUT2D eigenvalue weighted by Crippen LogP contribution is 2.11. The molecular weight excluding hydrogens is 355 g/mol. The summed E-state index contributed by atoms with van der Waals surface area (Å²) < 4.78 is 3.12. The Morgan fingerprint density at radius 1 is 0.944 bits per heavy atom. The van der Waals surface area contributed by atoms with Gasteiger partial charge in [-0.15, -0.1) is 0 Å². The molecule has 0 saturated carbocycles. The Bertz CT molecular complexity index is 370. The number of benzene rings is 2. The Balaban J connectivity index is 0.000000225. The van der Waals surface area contributed by atoms with Crippen molar-refractivity contribution in [1.82, 2.24) is 4.72 Å². The van der Waals surface area contributed by atoms with E-state index < -0.39 is 0 Å². The number of rotatable bonds is 4. The summed E-state index contributed by atoms with van der Waals surface area (Å²) in [5.41, 5.74) is 7.08. The van der Waals surface area contributed by atoms with E-state index in [1.807, 2.05) is 66.7 Å². The monoisotopic (exact) mass is 372 g/mol. The fourth-order valence-corrected chi connectivity index (χ4v) is 2.11. The van der Waals surface area contributed by atoms with E-state index in [-0.39, 0.29) is 6.04 Å². The van der Waals surface area contributed by atoms with Gasteiger partial charge in [0.1, 0.15) is 0 Å². The number of hydrogen-bond acceptors (Lipinski definition) is 3. The zero-order chi connectivity index (χ0) is 13.1. The summed E-state index contributed by atoms with van der Waals surface area (Å²) in [6, 6.07) is 22.2. The third-order valence-electron chi connectivity index (χ3n) is 2.25. The predicted octanol–water partition coefficient (Wildman–Crippen LogP) is 3.96. The first-order valence-electron chi connectivity index (χ1n) is 5.65. The van der Waals surface area contributed by atoms with Gasteiger partial charge in [-0.05, 0) is 14.7 Å². The van der Waals surface area contributed by atoms with E-state index >= 15 is 0 Å². The smallest absolute Gasteiger partial charge is 0.0431 e. The summed E-state index contributed by atoms with van der Waals surface area (Å²) in [5.74, 6) is 0. The second kappa shape index (κ2) is 10.4. The van der Waals surface area contributed by atoms with Crippen molar-refractivity contribution in [3.8, 4) is 0 Å². The predicted molar refractivity (Wildman–Crippen MR) is 89.4 cm³/mol. The molecule has 0 spiro atoms. The van der Waals surface area contributed by atoms with Crippen LogP contribution in [0.5, 0.6) is 0 Å². The number of hydrogen-bond donors (Lipinski definition) is 2. The van der Waals surface area contributed by atoms with Crippen LogP contribution in [0.4, 0.5) is 0 Å². The molecule has 0 fully saturated rings. The van der Waals surface area contributed by atoms with Crippen molar-refractivity contribution >= 4 is 30.3 Å². The van der Waals surface area contributed by atoms with Crippen molar-refractivity contribution in [2.45, 2.75) is 6.04 Å². The van der Waals surface area contributed by atoms with Gasteiger partial charge in [-0.3, -0.25) is 4.72 Å². The average Bonchev–Trinajstić information content (AvgIpc) is 2.48. The molecular formula is C14H17IN2S. The van der Waals surface area contributed by atoms with Crippen LogP contribution in [0.15, 0.2) is 66.7 Å². The Kier molecular flexibility index (Phi) is 8.93. The van der Waals surface area contributed by atoms with Crippen molar-refractivity contribution in [1.29, 1.82) is 0 Å². The normalized spacial score (nSPS) is 11.2. The SMILES string of the molecule is NC(CNSI)c1ccccc1.c1ccccc1. The molecule has 0 aliphatic carbocycles. The molecule has 3 N–H and O–H groups in total. The fourth-order valence-electron chi connectivity index (χ4n) is 1.32. The largest absolute Gasteiger partial charge is 0.323 e. The second-order valence-corrected chi connectivity index (χ2v) is 5.36. The van der Waals surface area contributed by atoms with E-state index in [1.165, 1.54) is 5.56 Å². The molecule has 0 heterocycles. The molecule has 0 aliphatic rings. The first kappa shape index (κ1) is 15.5. The van der Waals surface area contributed by atoms with Gasteiger partial charge < -0.3 is 5.73 Å². The molecule has 0 aromatic heterocycles. The highest BCUT2D eigenvalue weighted by molar-refractivity contribution is 14.2. The van der Waals surface area contributed by atoms with Gasteiger partial charge >= 0.3 is 0 Å².